The molecule has 7 nitrogen and oxygen atoms in total. The first-order valence-electron chi connectivity index (χ1n) is 11.9. The zero-order chi connectivity index (χ0) is 23.1. The summed E-state index contributed by atoms with van der Waals surface area (Å²) in [5.41, 5.74) is 1.12. The van der Waals surface area contributed by atoms with Gasteiger partial charge in [0.2, 0.25) is 0 Å². The van der Waals surface area contributed by atoms with Crippen LogP contribution in [0.1, 0.15) is 57.9 Å². The van der Waals surface area contributed by atoms with Crippen LogP contribution in [0.3, 0.4) is 0 Å². The first-order chi connectivity index (χ1) is 15.4. The molecule has 1 heterocycles. The Labute approximate surface area is 190 Å². The average Bonchev–Trinajstić information content (AvgIpc) is 2.81. The van der Waals surface area contributed by atoms with Gasteiger partial charge in [-0.1, -0.05) is 49.6 Å². The van der Waals surface area contributed by atoms with E-state index in [1.54, 1.807) is 13.8 Å². The molecule has 1 saturated carbocycles. The van der Waals surface area contributed by atoms with Gasteiger partial charge in [0.1, 0.15) is 12.1 Å². The number of rotatable bonds is 10. The Morgan fingerprint density at radius 2 is 1.91 bits per heavy atom. The summed E-state index contributed by atoms with van der Waals surface area (Å²) in [6.07, 6.45) is 5.84. The molecule has 5 unspecified atom stereocenters. The summed E-state index contributed by atoms with van der Waals surface area (Å²) in [7, 11) is 0. The van der Waals surface area contributed by atoms with Gasteiger partial charge in [-0.15, -0.1) is 0 Å². The third-order valence-electron chi connectivity index (χ3n) is 6.93. The van der Waals surface area contributed by atoms with E-state index in [2.05, 4.69) is 10.6 Å². The van der Waals surface area contributed by atoms with E-state index in [9.17, 15) is 19.5 Å². The van der Waals surface area contributed by atoms with Crippen LogP contribution in [0.15, 0.2) is 30.3 Å². The van der Waals surface area contributed by atoms with Crippen LogP contribution < -0.4 is 10.6 Å². The summed E-state index contributed by atoms with van der Waals surface area (Å²) in [5, 5.41) is 15.9. The number of piperidine rings is 1. The van der Waals surface area contributed by atoms with Crippen molar-refractivity contribution < 1.29 is 24.2 Å². The maximum Gasteiger partial charge on any atom is 0.323 e. The number of esters is 1. The number of benzene rings is 1. The maximum absolute atomic E-state index is 13.4. The Bertz CT molecular complexity index is 784. The van der Waals surface area contributed by atoms with E-state index in [1.165, 1.54) is 0 Å². The molecule has 32 heavy (non-hydrogen) atoms. The molecule has 2 fully saturated rings. The number of Topliss-reactive ketones (excluding diaryl/α,β-unsaturated/α-hetero) is 1. The predicted octanol–water partition coefficient (Wildman–Crippen LogP) is 2.72. The average molecular weight is 445 g/mol. The van der Waals surface area contributed by atoms with Crippen LogP contribution in [0.4, 0.5) is 0 Å². The van der Waals surface area contributed by atoms with E-state index in [-0.39, 0.29) is 30.2 Å². The van der Waals surface area contributed by atoms with Gasteiger partial charge >= 0.3 is 11.9 Å². The van der Waals surface area contributed by atoms with E-state index in [0.717, 1.165) is 31.2 Å². The summed E-state index contributed by atoms with van der Waals surface area (Å²) in [4.78, 5) is 37.7. The Morgan fingerprint density at radius 3 is 2.59 bits per heavy atom. The minimum Gasteiger partial charge on any atom is -0.480 e. The Hall–Kier alpha value is -2.25. The van der Waals surface area contributed by atoms with E-state index in [1.807, 2.05) is 30.3 Å². The number of aryl methyl sites for hydroxylation is 1. The number of ketones is 1. The summed E-state index contributed by atoms with van der Waals surface area (Å²) < 4.78 is 5.25. The summed E-state index contributed by atoms with van der Waals surface area (Å²) in [6, 6.07) is 7.50. The molecule has 3 N–H and O–H groups in total. The molecule has 2 aliphatic rings. The SMILES string of the molecule is CCOC(=O)C(CCc1ccccc1)N[C@@H](C)C(=O)C1NC(C(=O)O)CC2CCCCC21. The van der Waals surface area contributed by atoms with Gasteiger partial charge in [0.25, 0.3) is 0 Å². The van der Waals surface area contributed by atoms with Gasteiger partial charge < -0.3 is 9.84 Å². The van der Waals surface area contributed by atoms with Crippen molar-refractivity contribution >= 4 is 17.7 Å². The lowest BCUT2D eigenvalue weighted by Gasteiger charge is -2.44. The lowest BCUT2D eigenvalue weighted by molar-refractivity contribution is -0.146. The predicted molar refractivity (Wildman–Crippen MR) is 121 cm³/mol. The second-order valence-corrected chi connectivity index (χ2v) is 9.10. The smallest absolute Gasteiger partial charge is 0.323 e. The molecular formula is C25H36N2O5. The molecular weight excluding hydrogens is 408 g/mol. The van der Waals surface area contributed by atoms with Gasteiger partial charge in [0, 0.05) is 0 Å². The Balaban J connectivity index is 1.69. The van der Waals surface area contributed by atoms with E-state index < -0.39 is 30.1 Å². The van der Waals surface area contributed by atoms with Gasteiger partial charge in [-0.2, -0.15) is 0 Å². The minimum absolute atomic E-state index is 0.0677. The molecule has 1 aromatic rings. The highest BCUT2D eigenvalue weighted by molar-refractivity contribution is 5.90. The number of carbonyl (C=O) groups excluding carboxylic acids is 2. The quantitative estimate of drug-likeness (QED) is 0.477. The molecule has 1 aliphatic heterocycles. The first-order valence-corrected chi connectivity index (χ1v) is 11.9. The molecule has 3 rings (SSSR count). The van der Waals surface area contributed by atoms with Crippen LogP contribution in [0, 0.1) is 11.8 Å². The van der Waals surface area contributed by atoms with Crippen molar-refractivity contribution in [1.82, 2.24) is 10.6 Å². The van der Waals surface area contributed by atoms with Crippen molar-refractivity contribution in [3.63, 3.8) is 0 Å². The highest BCUT2D eigenvalue weighted by Crippen LogP contribution is 2.39. The molecule has 1 aromatic carbocycles. The normalized spacial score (nSPS) is 27.1. The Kier molecular flexibility index (Phi) is 8.82. The molecule has 0 radical (unpaired) electrons. The van der Waals surface area contributed by atoms with Crippen LogP contribution in [0.25, 0.3) is 0 Å². The van der Waals surface area contributed by atoms with Crippen molar-refractivity contribution in [2.24, 2.45) is 11.8 Å². The Morgan fingerprint density at radius 1 is 1.19 bits per heavy atom. The molecule has 0 amide bonds. The molecule has 7 heteroatoms. The summed E-state index contributed by atoms with van der Waals surface area (Å²) >= 11 is 0. The number of hydrogen-bond donors (Lipinski definition) is 3. The standard InChI is InChI=1S/C25H36N2O5/c1-3-32-25(31)20(14-13-17-9-5-4-6-10-17)26-16(2)23(28)22-19-12-8-7-11-18(19)15-21(27-22)24(29)30/h4-6,9-10,16,18-22,26-27H,3,7-8,11-15H2,1-2H3,(H,29,30)/t16-,18?,19?,20?,21?,22?/m0/s1. The van der Waals surface area contributed by atoms with Crippen LogP contribution in [-0.2, 0) is 25.5 Å². The van der Waals surface area contributed by atoms with Gasteiger partial charge in [0.05, 0.1) is 18.7 Å². The van der Waals surface area contributed by atoms with Crippen molar-refractivity contribution in [2.45, 2.75) is 83.0 Å². The fraction of sp³-hybridized carbons (Fsp3) is 0.640. The zero-order valence-corrected chi connectivity index (χ0v) is 19.1. The van der Waals surface area contributed by atoms with E-state index in [0.29, 0.717) is 19.3 Å². The minimum atomic E-state index is -0.903. The van der Waals surface area contributed by atoms with Crippen LogP contribution in [-0.4, -0.2) is 53.6 Å². The van der Waals surface area contributed by atoms with Crippen molar-refractivity contribution in [3.05, 3.63) is 35.9 Å². The highest BCUT2D eigenvalue weighted by atomic mass is 16.5. The molecule has 0 spiro atoms. The van der Waals surface area contributed by atoms with Crippen LogP contribution in [0.5, 0.6) is 0 Å². The first kappa shape index (κ1) is 24.4. The highest BCUT2D eigenvalue weighted by Gasteiger charge is 2.45. The second kappa shape index (κ2) is 11.6. The topological polar surface area (TPSA) is 105 Å². The third kappa shape index (κ3) is 6.17. The lowest BCUT2D eigenvalue weighted by Crippen LogP contribution is -2.62. The van der Waals surface area contributed by atoms with E-state index >= 15 is 0 Å². The largest absolute Gasteiger partial charge is 0.480 e. The molecule has 176 valence electrons. The molecule has 0 bridgehead atoms. The number of nitrogens with one attached hydrogen (secondary N) is 2. The van der Waals surface area contributed by atoms with Crippen LogP contribution in [0.2, 0.25) is 0 Å². The maximum atomic E-state index is 13.4. The van der Waals surface area contributed by atoms with E-state index in [4.69, 9.17) is 4.74 Å². The molecule has 6 atom stereocenters. The van der Waals surface area contributed by atoms with Crippen molar-refractivity contribution in [3.8, 4) is 0 Å². The third-order valence-corrected chi connectivity index (χ3v) is 6.93. The van der Waals surface area contributed by atoms with Crippen molar-refractivity contribution in [2.75, 3.05) is 6.61 Å². The van der Waals surface area contributed by atoms with Gasteiger partial charge in [-0.3, -0.25) is 25.0 Å². The number of carboxylic acids is 1. The molecule has 1 aliphatic carbocycles. The summed E-state index contributed by atoms with van der Waals surface area (Å²) in [6.45, 7) is 3.81. The van der Waals surface area contributed by atoms with Gasteiger partial charge in [0.15, 0.2) is 5.78 Å². The number of carboxylic acid groups (broad SMARTS) is 1. The fourth-order valence-electron chi connectivity index (χ4n) is 5.27. The lowest BCUT2D eigenvalue weighted by atomic mass is 9.68. The molecule has 1 saturated heterocycles. The van der Waals surface area contributed by atoms with Gasteiger partial charge in [-0.05, 0) is 56.9 Å². The number of aliphatic carboxylic acids is 1. The number of carbonyl (C=O) groups is 3. The second-order valence-electron chi connectivity index (χ2n) is 9.10. The van der Waals surface area contributed by atoms with Crippen molar-refractivity contribution in [1.29, 1.82) is 0 Å². The summed E-state index contributed by atoms with van der Waals surface area (Å²) in [5.74, 6) is -0.923. The number of fused-ring (bicyclic) bond motifs is 1. The van der Waals surface area contributed by atoms with Gasteiger partial charge in [-0.25, -0.2) is 0 Å². The fourth-order valence-corrected chi connectivity index (χ4v) is 5.27. The monoisotopic (exact) mass is 444 g/mol. The van der Waals surface area contributed by atoms with Crippen LogP contribution >= 0.6 is 0 Å². The molecule has 0 aromatic heterocycles. The zero-order valence-electron chi connectivity index (χ0n) is 19.1. The number of hydrogen-bond acceptors (Lipinski definition) is 6. The number of ether oxygens (including phenoxy) is 1.